The lowest BCUT2D eigenvalue weighted by molar-refractivity contribution is 0.590. The molecule has 0 saturated carbocycles. The molecule has 0 fully saturated rings. The first-order valence-electron chi connectivity index (χ1n) is 5.94. The van der Waals surface area contributed by atoms with Gasteiger partial charge >= 0.3 is 0 Å². The van der Waals surface area contributed by atoms with Gasteiger partial charge in [0.15, 0.2) is 0 Å². The molecule has 0 bridgehead atoms. The first-order chi connectivity index (χ1) is 8.40. The van der Waals surface area contributed by atoms with Crippen LogP contribution in [0.1, 0.15) is 23.6 Å². The third-order valence-corrected chi connectivity index (χ3v) is 3.49. The van der Waals surface area contributed by atoms with Gasteiger partial charge < -0.3 is 5.32 Å². The second-order valence-corrected chi connectivity index (χ2v) is 4.38. The van der Waals surface area contributed by atoms with Gasteiger partial charge in [0.05, 0.1) is 0 Å². The Morgan fingerprint density at radius 1 is 1.24 bits per heavy atom. The first-order valence-corrected chi connectivity index (χ1v) is 5.94. The molecule has 3 rings (SSSR count). The number of fused-ring (bicyclic) bond motifs is 1. The number of nitrogens with one attached hydrogen (secondary N) is 1. The number of hydrogen-bond acceptors (Lipinski definition) is 3. The lowest BCUT2D eigenvalue weighted by Gasteiger charge is -2.11. The topological polar surface area (TPSA) is 37.8 Å². The van der Waals surface area contributed by atoms with Gasteiger partial charge in [0.2, 0.25) is 0 Å². The highest BCUT2D eigenvalue weighted by Gasteiger charge is 2.23. The van der Waals surface area contributed by atoms with Crippen LogP contribution in [0.4, 0.5) is 0 Å². The smallest absolute Gasteiger partial charge is 0.115 e. The highest BCUT2D eigenvalue weighted by Crippen LogP contribution is 2.36. The molecule has 0 saturated heterocycles. The summed E-state index contributed by atoms with van der Waals surface area (Å²) in [6.45, 7) is 0. The van der Waals surface area contributed by atoms with Crippen molar-refractivity contribution >= 4 is 0 Å². The summed E-state index contributed by atoms with van der Waals surface area (Å²) in [5.74, 6) is 0. The van der Waals surface area contributed by atoms with Gasteiger partial charge in [-0.2, -0.15) is 0 Å². The Morgan fingerprint density at radius 3 is 2.82 bits per heavy atom. The molecule has 86 valence electrons. The molecule has 1 atom stereocenters. The number of hydrogen-bond donors (Lipinski definition) is 1. The molecule has 3 nitrogen and oxygen atoms in total. The fourth-order valence-corrected chi connectivity index (χ4v) is 2.66. The largest absolute Gasteiger partial charge is 0.313 e. The second kappa shape index (κ2) is 4.26. The Balaban J connectivity index is 2.12. The Morgan fingerprint density at radius 2 is 2.06 bits per heavy atom. The zero-order chi connectivity index (χ0) is 11.7. The SMILES string of the molecule is CNC1CCc2c(-c3cncnc3)cccc21. The molecule has 1 aliphatic rings. The average Bonchev–Trinajstić information content (AvgIpc) is 2.82. The van der Waals surface area contributed by atoms with Crippen molar-refractivity contribution in [2.24, 2.45) is 0 Å². The van der Waals surface area contributed by atoms with Crippen LogP contribution in [0.25, 0.3) is 11.1 Å². The maximum atomic E-state index is 4.10. The minimum atomic E-state index is 0.495. The van der Waals surface area contributed by atoms with Gasteiger partial charge in [-0.15, -0.1) is 0 Å². The molecule has 0 aliphatic heterocycles. The van der Waals surface area contributed by atoms with Gasteiger partial charge in [0.25, 0.3) is 0 Å². The van der Waals surface area contributed by atoms with Crippen molar-refractivity contribution in [2.75, 3.05) is 7.05 Å². The first kappa shape index (κ1) is 10.4. The van der Waals surface area contributed by atoms with Crippen molar-refractivity contribution in [3.63, 3.8) is 0 Å². The van der Waals surface area contributed by atoms with Gasteiger partial charge in [0, 0.05) is 24.0 Å². The normalized spacial score (nSPS) is 18.1. The number of nitrogens with zero attached hydrogens (tertiary/aromatic N) is 2. The lowest BCUT2D eigenvalue weighted by Crippen LogP contribution is -2.12. The Hall–Kier alpha value is -1.74. The van der Waals surface area contributed by atoms with Crippen molar-refractivity contribution < 1.29 is 0 Å². The lowest BCUT2D eigenvalue weighted by atomic mass is 9.98. The van der Waals surface area contributed by atoms with E-state index in [1.807, 2.05) is 19.4 Å². The summed E-state index contributed by atoms with van der Waals surface area (Å²) in [6, 6.07) is 7.00. The fourth-order valence-electron chi connectivity index (χ4n) is 2.66. The molecular weight excluding hydrogens is 210 g/mol. The molecule has 2 aromatic rings. The van der Waals surface area contributed by atoms with E-state index in [0.29, 0.717) is 6.04 Å². The maximum absolute atomic E-state index is 4.10. The van der Waals surface area contributed by atoms with Crippen molar-refractivity contribution in [2.45, 2.75) is 18.9 Å². The van der Waals surface area contributed by atoms with Crippen LogP contribution in [-0.2, 0) is 6.42 Å². The van der Waals surface area contributed by atoms with E-state index in [9.17, 15) is 0 Å². The van der Waals surface area contributed by atoms with Crippen molar-refractivity contribution in [3.8, 4) is 11.1 Å². The van der Waals surface area contributed by atoms with E-state index < -0.39 is 0 Å². The summed E-state index contributed by atoms with van der Waals surface area (Å²) in [5.41, 5.74) is 5.26. The number of rotatable bonds is 2. The minimum Gasteiger partial charge on any atom is -0.313 e. The molecular formula is C14H15N3. The van der Waals surface area contributed by atoms with Crippen LogP contribution >= 0.6 is 0 Å². The van der Waals surface area contributed by atoms with Gasteiger partial charge in [-0.25, -0.2) is 9.97 Å². The van der Waals surface area contributed by atoms with Crippen LogP contribution in [0, 0.1) is 0 Å². The zero-order valence-electron chi connectivity index (χ0n) is 9.85. The summed E-state index contributed by atoms with van der Waals surface area (Å²) < 4.78 is 0. The van der Waals surface area contributed by atoms with Crippen LogP contribution < -0.4 is 5.32 Å². The van der Waals surface area contributed by atoms with Crippen LogP contribution in [0.5, 0.6) is 0 Å². The van der Waals surface area contributed by atoms with Crippen LogP contribution in [0.15, 0.2) is 36.9 Å². The van der Waals surface area contributed by atoms with E-state index >= 15 is 0 Å². The van der Waals surface area contributed by atoms with Crippen molar-refractivity contribution in [1.29, 1.82) is 0 Å². The number of aromatic nitrogens is 2. The van der Waals surface area contributed by atoms with E-state index in [4.69, 9.17) is 0 Å². The van der Waals surface area contributed by atoms with Gasteiger partial charge in [-0.05, 0) is 36.6 Å². The molecule has 1 aromatic heterocycles. The third kappa shape index (κ3) is 1.72. The Bertz CT molecular complexity index is 522. The Kier molecular flexibility index (Phi) is 2.61. The van der Waals surface area contributed by atoms with E-state index in [1.54, 1.807) is 6.33 Å². The summed E-state index contributed by atoms with van der Waals surface area (Å²) >= 11 is 0. The van der Waals surface area contributed by atoms with Crippen molar-refractivity contribution in [1.82, 2.24) is 15.3 Å². The standard InChI is InChI=1S/C14H15N3/c1-15-14-6-5-12-11(3-2-4-13(12)14)10-7-16-9-17-8-10/h2-4,7-9,14-15H,5-6H2,1H3. The quantitative estimate of drug-likeness (QED) is 0.852. The maximum Gasteiger partial charge on any atom is 0.115 e. The van der Waals surface area contributed by atoms with Crippen LogP contribution in [0.2, 0.25) is 0 Å². The van der Waals surface area contributed by atoms with E-state index in [0.717, 1.165) is 12.0 Å². The van der Waals surface area contributed by atoms with E-state index in [2.05, 4.69) is 33.5 Å². The fraction of sp³-hybridized carbons (Fsp3) is 0.286. The molecule has 0 amide bonds. The summed E-state index contributed by atoms with van der Waals surface area (Å²) in [4.78, 5) is 8.20. The monoisotopic (exact) mass is 225 g/mol. The molecule has 1 N–H and O–H groups in total. The molecule has 17 heavy (non-hydrogen) atoms. The highest BCUT2D eigenvalue weighted by atomic mass is 14.9. The molecule has 0 radical (unpaired) electrons. The summed E-state index contributed by atoms with van der Waals surface area (Å²) in [5, 5.41) is 3.37. The van der Waals surface area contributed by atoms with Gasteiger partial charge in [-0.1, -0.05) is 18.2 Å². The number of benzene rings is 1. The molecule has 1 aromatic carbocycles. The predicted octanol–water partition coefficient (Wildman–Crippen LogP) is 2.35. The van der Waals surface area contributed by atoms with E-state index in [-0.39, 0.29) is 0 Å². The summed E-state index contributed by atoms with van der Waals surface area (Å²) in [6.07, 6.45) is 7.65. The van der Waals surface area contributed by atoms with Crippen LogP contribution in [-0.4, -0.2) is 17.0 Å². The molecule has 0 spiro atoms. The minimum absolute atomic E-state index is 0.495. The van der Waals surface area contributed by atoms with Gasteiger partial charge in [0.1, 0.15) is 6.33 Å². The predicted molar refractivity (Wildman–Crippen MR) is 67.6 cm³/mol. The van der Waals surface area contributed by atoms with Crippen LogP contribution in [0.3, 0.4) is 0 Å². The second-order valence-electron chi connectivity index (χ2n) is 4.38. The molecule has 1 aliphatic carbocycles. The Labute approximate surface area is 101 Å². The molecule has 1 heterocycles. The van der Waals surface area contributed by atoms with Gasteiger partial charge in [-0.3, -0.25) is 0 Å². The average molecular weight is 225 g/mol. The molecule has 1 unspecified atom stereocenters. The van der Waals surface area contributed by atoms with E-state index in [1.165, 1.54) is 23.1 Å². The molecule has 3 heteroatoms. The zero-order valence-corrected chi connectivity index (χ0v) is 9.85. The third-order valence-electron chi connectivity index (χ3n) is 3.49. The van der Waals surface area contributed by atoms with Crippen molar-refractivity contribution in [3.05, 3.63) is 48.0 Å². The summed E-state index contributed by atoms with van der Waals surface area (Å²) in [7, 11) is 2.03. The highest BCUT2D eigenvalue weighted by molar-refractivity contribution is 5.68.